The van der Waals surface area contributed by atoms with Gasteiger partial charge in [0.2, 0.25) is 11.8 Å². The van der Waals surface area contributed by atoms with Crippen molar-refractivity contribution in [2.24, 2.45) is 10.3 Å². The topological polar surface area (TPSA) is 72.6 Å². The third kappa shape index (κ3) is 9.93. The summed E-state index contributed by atoms with van der Waals surface area (Å²) < 4.78 is 50.1. The first kappa shape index (κ1) is 26.6. The predicted molar refractivity (Wildman–Crippen MR) is 113 cm³/mol. The Hall–Kier alpha value is -2.45. The lowest BCUT2D eigenvalue weighted by Crippen LogP contribution is -2.15. The monoisotopic (exact) mass is 446 g/mol. The summed E-state index contributed by atoms with van der Waals surface area (Å²) in [7, 11) is 0. The zero-order valence-electron chi connectivity index (χ0n) is 18.7. The minimum absolute atomic E-state index is 0.00330. The van der Waals surface area contributed by atoms with E-state index in [1.807, 2.05) is 13.8 Å². The van der Waals surface area contributed by atoms with Crippen molar-refractivity contribution in [3.8, 4) is 0 Å². The predicted octanol–water partition coefficient (Wildman–Crippen LogP) is 6.47. The Labute approximate surface area is 182 Å². The van der Waals surface area contributed by atoms with Crippen molar-refractivity contribution < 1.29 is 32.7 Å². The highest BCUT2D eigenvalue weighted by molar-refractivity contribution is 5.72. The summed E-state index contributed by atoms with van der Waals surface area (Å²) >= 11 is 0. The molecular formula is C22H33F3N2O4. The fraction of sp³-hybridized carbons (Fsp3) is 0.636. The highest BCUT2D eigenvalue weighted by atomic mass is 19.4. The molecule has 1 aromatic carbocycles. The van der Waals surface area contributed by atoms with Crippen LogP contribution in [0.5, 0.6) is 0 Å². The molecule has 0 spiro atoms. The largest absolute Gasteiger partial charge is 0.479 e. The van der Waals surface area contributed by atoms with Gasteiger partial charge in [-0.05, 0) is 49.8 Å². The molecule has 1 N–H and O–H groups in total. The summed E-state index contributed by atoms with van der Waals surface area (Å²) in [5.74, 6) is 0.665. The first-order valence-corrected chi connectivity index (χ1v) is 10.5. The average Bonchev–Trinajstić information content (AvgIpc) is 2.74. The van der Waals surface area contributed by atoms with Crippen LogP contribution in [0.4, 0.5) is 13.2 Å². The molecule has 9 heteroatoms. The van der Waals surface area contributed by atoms with E-state index >= 15 is 0 Å². The number of halogens is 3. The molecule has 2 rings (SSSR count). The van der Waals surface area contributed by atoms with Crippen LogP contribution in [0.2, 0.25) is 0 Å². The van der Waals surface area contributed by atoms with Gasteiger partial charge in [-0.3, -0.25) is 0 Å². The molecule has 0 radical (unpaired) electrons. The third-order valence-corrected chi connectivity index (χ3v) is 4.74. The van der Waals surface area contributed by atoms with Crippen molar-refractivity contribution in [3.63, 3.8) is 0 Å². The number of benzene rings is 1. The number of oxime groups is 2. The lowest BCUT2D eigenvalue weighted by molar-refractivity contribution is -0.138. The van der Waals surface area contributed by atoms with Crippen LogP contribution in [0.15, 0.2) is 28.5 Å². The van der Waals surface area contributed by atoms with Crippen LogP contribution in [0, 0.1) is 0 Å². The maximum absolute atomic E-state index is 13.4. The van der Waals surface area contributed by atoms with Crippen LogP contribution < -0.4 is 0 Å². The molecular weight excluding hydrogens is 413 g/mol. The van der Waals surface area contributed by atoms with E-state index in [-0.39, 0.29) is 12.5 Å². The van der Waals surface area contributed by atoms with Crippen molar-refractivity contribution in [1.29, 1.82) is 0 Å². The molecule has 0 aromatic heterocycles. The molecule has 0 saturated heterocycles. The molecule has 0 amide bonds. The average molecular weight is 447 g/mol. The normalized spacial score (nSPS) is 15.7. The van der Waals surface area contributed by atoms with Crippen LogP contribution in [-0.2, 0) is 27.1 Å². The molecule has 1 aromatic rings. The number of hydrogen-bond acceptors (Lipinski definition) is 6. The Morgan fingerprint density at radius 3 is 2.16 bits per heavy atom. The van der Waals surface area contributed by atoms with Crippen LogP contribution in [0.25, 0.3) is 0 Å². The van der Waals surface area contributed by atoms with E-state index in [9.17, 15) is 13.2 Å². The Kier molecular flexibility index (Phi) is 11.8. The Morgan fingerprint density at radius 2 is 1.65 bits per heavy atom. The summed E-state index contributed by atoms with van der Waals surface area (Å²) in [5, 5.41) is 14.4. The number of alkyl halides is 3. The summed E-state index contributed by atoms with van der Waals surface area (Å²) in [6.07, 6.45) is 0.415. The van der Waals surface area contributed by atoms with E-state index in [0.717, 1.165) is 32.1 Å². The standard InChI is InChI=1S/C18H24F3NO2.C4H9NO2/c1-3-23-13(2)22-24-12-14-9-10-16(15-7-5-4-6-8-15)17(11-14)18(19,20)21;1-3-7-4(2)5-6/h9-11,15H,3-8,12H2,1-2H3;6H,3H2,1-2H3. The molecule has 0 atom stereocenters. The first-order valence-electron chi connectivity index (χ1n) is 10.5. The Morgan fingerprint density at radius 1 is 1.03 bits per heavy atom. The highest BCUT2D eigenvalue weighted by Crippen LogP contribution is 2.41. The van der Waals surface area contributed by atoms with Gasteiger partial charge < -0.3 is 19.5 Å². The van der Waals surface area contributed by atoms with Gasteiger partial charge in [0.15, 0.2) is 0 Å². The van der Waals surface area contributed by atoms with Crippen LogP contribution in [0.3, 0.4) is 0 Å². The summed E-state index contributed by atoms with van der Waals surface area (Å²) in [6, 6.07) is 4.50. The minimum atomic E-state index is -4.35. The molecule has 1 aliphatic carbocycles. The SMILES string of the molecule is CCOC(C)=NO.CCOC(C)=NOCc1ccc(C2CCCCC2)c(C(F)(F)F)c1. The summed E-state index contributed by atoms with van der Waals surface area (Å²) in [4.78, 5) is 5.08. The molecule has 0 unspecified atom stereocenters. The van der Waals surface area contributed by atoms with E-state index in [2.05, 4.69) is 10.3 Å². The number of nitrogens with zero attached hydrogens (tertiary/aromatic N) is 2. The molecule has 0 aliphatic heterocycles. The van der Waals surface area contributed by atoms with Crippen LogP contribution in [-0.4, -0.2) is 30.2 Å². The van der Waals surface area contributed by atoms with E-state index in [0.29, 0.717) is 36.1 Å². The van der Waals surface area contributed by atoms with Crippen molar-refractivity contribution in [2.75, 3.05) is 13.2 Å². The molecule has 0 bridgehead atoms. The molecule has 1 fully saturated rings. The van der Waals surface area contributed by atoms with Gasteiger partial charge in [0.25, 0.3) is 0 Å². The number of hydrogen-bond donors (Lipinski definition) is 1. The zero-order chi connectivity index (χ0) is 23.3. The van der Waals surface area contributed by atoms with Crippen molar-refractivity contribution in [1.82, 2.24) is 0 Å². The Bertz CT molecular complexity index is 715. The summed E-state index contributed by atoms with van der Waals surface area (Å²) in [6.45, 7) is 7.87. The van der Waals surface area contributed by atoms with Gasteiger partial charge in [-0.25, -0.2) is 0 Å². The van der Waals surface area contributed by atoms with Crippen molar-refractivity contribution >= 4 is 11.8 Å². The highest BCUT2D eigenvalue weighted by Gasteiger charge is 2.35. The fourth-order valence-electron chi connectivity index (χ4n) is 3.38. The van der Waals surface area contributed by atoms with Gasteiger partial charge in [-0.2, -0.15) is 13.2 Å². The first-order chi connectivity index (χ1) is 14.7. The molecule has 31 heavy (non-hydrogen) atoms. The third-order valence-electron chi connectivity index (χ3n) is 4.74. The van der Waals surface area contributed by atoms with E-state index in [4.69, 9.17) is 19.5 Å². The maximum atomic E-state index is 13.4. The van der Waals surface area contributed by atoms with Crippen LogP contribution >= 0.6 is 0 Å². The second-order valence-electron chi connectivity index (χ2n) is 7.12. The van der Waals surface area contributed by atoms with Gasteiger partial charge >= 0.3 is 6.18 Å². The second-order valence-corrected chi connectivity index (χ2v) is 7.12. The van der Waals surface area contributed by atoms with Gasteiger partial charge in [-0.15, -0.1) is 0 Å². The number of ether oxygens (including phenoxy) is 2. The fourth-order valence-corrected chi connectivity index (χ4v) is 3.38. The summed E-state index contributed by atoms with van der Waals surface area (Å²) in [5.41, 5.74) is 0.330. The molecule has 176 valence electrons. The van der Waals surface area contributed by atoms with Crippen LogP contribution in [0.1, 0.15) is 82.4 Å². The van der Waals surface area contributed by atoms with Crippen molar-refractivity contribution in [3.05, 3.63) is 34.9 Å². The second kappa shape index (κ2) is 13.8. The quantitative estimate of drug-likeness (QED) is 0.235. The smallest absolute Gasteiger partial charge is 0.416 e. The van der Waals surface area contributed by atoms with Gasteiger partial charge in [-0.1, -0.05) is 41.7 Å². The molecule has 1 aliphatic rings. The van der Waals surface area contributed by atoms with Gasteiger partial charge in [0, 0.05) is 13.8 Å². The van der Waals surface area contributed by atoms with E-state index in [1.165, 1.54) is 6.07 Å². The Balaban J connectivity index is 0.000000592. The zero-order valence-corrected chi connectivity index (χ0v) is 18.7. The molecule has 0 heterocycles. The minimum Gasteiger partial charge on any atom is -0.479 e. The van der Waals surface area contributed by atoms with E-state index < -0.39 is 11.7 Å². The lowest BCUT2D eigenvalue weighted by Gasteiger charge is -2.25. The maximum Gasteiger partial charge on any atom is 0.416 e. The van der Waals surface area contributed by atoms with E-state index in [1.54, 1.807) is 26.0 Å². The number of rotatable bonds is 6. The van der Waals surface area contributed by atoms with Gasteiger partial charge in [0.05, 0.1) is 18.8 Å². The van der Waals surface area contributed by atoms with Gasteiger partial charge in [0.1, 0.15) is 6.61 Å². The molecule has 6 nitrogen and oxygen atoms in total. The van der Waals surface area contributed by atoms with Crippen molar-refractivity contribution in [2.45, 2.75) is 78.5 Å². The molecule has 1 saturated carbocycles. The lowest BCUT2D eigenvalue weighted by atomic mass is 9.81.